The number of nitrogens with one attached hydrogen (secondary N) is 1. The molecule has 0 aromatic heterocycles. The molecule has 1 heterocycles. The highest BCUT2D eigenvalue weighted by molar-refractivity contribution is 6.39. The minimum atomic E-state index is -0.593. The number of likely N-dealkylation sites (tertiary alicyclic amines) is 1. The maximum atomic E-state index is 12.0. The Labute approximate surface area is 121 Å². The van der Waals surface area contributed by atoms with Crippen LogP contribution in [0.2, 0.25) is 10.0 Å². The molecule has 1 aliphatic rings. The Bertz CT molecular complexity index is 546. The van der Waals surface area contributed by atoms with Gasteiger partial charge in [0.2, 0.25) is 5.91 Å². The molecule has 2 rings (SSSR count). The standard InChI is InChI=1S/C13H14Cl2N2O2/c1-3-17-10(18)6-9(13(17)19)16-12-8(14)5-4-7(2)11(12)15/h4-5,9,16H,3,6H2,1-2H3. The molecular formula is C13H14Cl2N2O2. The van der Waals surface area contributed by atoms with E-state index >= 15 is 0 Å². The average molecular weight is 301 g/mol. The summed E-state index contributed by atoms with van der Waals surface area (Å²) in [5.74, 6) is -0.411. The summed E-state index contributed by atoms with van der Waals surface area (Å²) in [6.07, 6.45) is 0.132. The zero-order valence-electron chi connectivity index (χ0n) is 10.7. The molecule has 0 saturated carbocycles. The van der Waals surface area contributed by atoms with Gasteiger partial charge in [0.05, 0.1) is 22.2 Å². The van der Waals surface area contributed by atoms with Crippen molar-refractivity contribution in [2.75, 3.05) is 11.9 Å². The van der Waals surface area contributed by atoms with E-state index in [0.717, 1.165) is 5.56 Å². The molecule has 0 spiro atoms. The summed E-state index contributed by atoms with van der Waals surface area (Å²) in [5.41, 5.74) is 1.37. The number of benzene rings is 1. The molecule has 1 fully saturated rings. The largest absolute Gasteiger partial charge is 0.371 e. The summed E-state index contributed by atoms with van der Waals surface area (Å²) in [6, 6.07) is 2.92. The average Bonchev–Trinajstić information content (AvgIpc) is 2.64. The lowest BCUT2D eigenvalue weighted by Crippen LogP contribution is -2.34. The second kappa shape index (κ2) is 5.39. The van der Waals surface area contributed by atoms with Gasteiger partial charge in [-0.05, 0) is 25.5 Å². The summed E-state index contributed by atoms with van der Waals surface area (Å²) in [5, 5.41) is 3.90. The minimum Gasteiger partial charge on any atom is -0.371 e. The SMILES string of the molecule is CCN1C(=O)CC(Nc2c(Cl)ccc(C)c2Cl)C1=O. The lowest BCUT2D eigenvalue weighted by Gasteiger charge is -2.17. The highest BCUT2D eigenvalue weighted by atomic mass is 35.5. The van der Waals surface area contributed by atoms with Crippen molar-refractivity contribution in [3.8, 4) is 0 Å². The fourth-order valence-corrected chi connectivity index (χ4v) is 2.57. The Balaban J connectivity index is 2.26. The third kappa shape index (κ3) is 2.55. The first-order valence-corrected chi connectivity index (χ1v) is 6.76. The molecule has 102 valence electrons. The molecule has 1 aromatic rings. The van der Waals surface area contributed by atoms with Crippen LogP contribution in [0.1, 0.15) is 18.9 Å². The number of carbonyl (C=O) groups is 2. The van der Waals surface area contributed by atoms with Crippen LogP contribution in [0.5, 0.6) is 0 Å². The molecule has 0 radical (unpaired) electrons. The van der Waals surface area contributed by atoms with Gasteiger partial charge in [-0.2, -0.15) is 0 Å². The lowest BCUT2D eigenvalue weighted by atomic mass is 10.2. The van der Waals surface area contributed by atoms with Crippen LogP contribution in [0.4, 0.5) is 5.69 Å². The van der Waals surface area contributed by atoms with Gasteiger partial charge in [0.15, 0.2) is 0 Å². The Morgan fingerprint density at radius 1 is 1.37 bits per heavy atom. The Kier molecular flexibility index (Phi) is 4.02. The smallest absolute Gasteiger partial charge is 0.252 e. The molecule has 6 heteroatoms. The molecule has 1 atom stereocenters. The number of nitrogens with zero attached hydrogens (tertiary/aromatic N) is 1. The quantitative estimate of drug-likeness (QED) is 0.873. The van der Waals surface area contributed by atoms with E-state index in [-0.39, 0.29) is 18.2 Å². The van der Waals surface area contributed by atoms with E-state index < -0.39 is 6.04 Å². The topological polar surface area (TPSA) is 49.4 Å². The summed E-state index contributed by atoms with van der Waals surface area (Å²) in [6.45, 7) is 4.00. The highest BCUT2D eigenvalue weighted by Crippen LogP contribution is 2.34. The molecule has 0 aliphatic carbocycles. The maximum Gasteiger partial charge on any atom is 0.252 e. The number of hydrogen-bond donors (Lipinski definition) is 1. The number of halogens is 2. The van der Waals surface area contributed by atoms with Crippen molar-refractivity contribution in [2.24, 2.45) is 0 Å². The van der Waals surface area contributed by atoms with E-state index in [1.165, 1.54) is 4.90 Å². The molecule has 1 aromatic carbocycles. The summed E-state index contributed by atoms with van der Waals surface area (Å²) in [4.78, 5) is 24.9. The van der Waals surface area contributed by atoms with Crippen LogP contribution in [0.15, 0.2) is 12.1 Å². The normalized spacial score (nSPS) is 19.2. The van der Waals surface area contributed by atoms with Crippen molar-refractivity contribution in [2.45, 2.75) is 26.3 Å². The molecule has 1 saturated heterocycles. The van der Waals surface area contributed by atoms with Gasteiger partial charge in [-0.1, -0.05) is 29.3 Å². The Morgan fingerprint density at radius 3 is 2.63 bits per heavy atom. The maximum absolute atomic E-state index is 12.0. The van der Waals surface area contributed by atoms with Gasteiger partial charge in [0.1, 0.15) is 6.04 Å². The first kappa shape index (κ1) is 14.2. The van der Waals surface area contributed by atoms with E-state index in [4.69, 9.17) is 23.2 Å². The number of imide groups is 1. The van der Waals surface area contributed by atoms with Crippen molar-refractivity contribution in [1.82, 2.24) is 4.90 Å². The van der Waals surface area contributed by atoms with Crippen LogP contribution in [0, 0.1) is 6.92 Å². The van der Waals surface area contributed by atoms with Gasteiger partial charge in [0.25, 0.3) is 5.91 Å². The second-order valence-electron chi connectivity index (χ2n) is 4.43. The summed E-state index contributed by atoms with van der Waals surface area (Å²) in [7, 11) is 0. The Hall–Kier alpha value is -1.26. The van der Waals surface area contributed by atoms with Gasteiger partial charge in [-0.25, -0.2) is 0 Å². The Morgan fingerprint density at radius 2 is 2.05 bits per heavy atom. The van der Waals surface area contributed by atoms with E-state index in [1.807, 2.05) is 6.92 Å². The van der Waals surface area contributed by atoms with Gasteiger partial charge in [0, 0.05) is 6.54 Å². The number of carbonyl (C=O) groups excluding carboxylic acids is 2. The molecule has 1 aliphatic heterocycles. The van der Waals surface area contributed by atoms with E-state index in [0.29, 0.717) is 22.3 Å². The van der Waals surface area contributed by atoms with Gasteiger partial charge >= 0.3 is 0 Å². The van der Waals surface area contributed by atoms with Crippen LogP contribution < -0.4 is 5.32 Å². The van der Waals surface area contributed by atoms with Gasteiger partial charge in [-0.3, -0.25) is 14.5 Å². The molecule has 0 bridgehead atoms. The van der Waals surface area contributed by atoms with E-state index in [9.17, 15) is 9.59 Å². The molecule has 1 N–H and O–H groups in total. The molecule has 19 heavy (non-hydrogen) atoms. The first-order chi connectivity index (χ1) is 8.95. The van der Waals surface area contributed by atoms with Gasteiger partial charge in [-0.15, -0.1) is 0 Å². The predicted octanol–water partition coefficient (Wildman–Crippen LogP) is 2.86. The monoisotopic (exact) mass is 300 g/mol. The predicted molar refractivity (Wildman–Crippen MR) is 75.6 cm³/mol. The van der Waals surface area contributed by atoms with Crippen molar-refractivity contribution in [3.63, 3.8) is 0 Å². The van der Waals surface area contributed by atoms with Crippen LogP contribution in [0.25, 0.3) is 0 Å². The highest BCUT2D eigenvalue weighted by Gasteiger charge is 2.38. The minimum absolute atomic E-state index is 0.132. The van der Waals surface area contributed by atoms with Gasteiger partial charge < -0.3 is 5.32 Å². The fraction of sp³-hybridized carbons (Fsp3) is 0.385. The zero-order chi connectivity index (χ0) is 14.2. The summed E-state index contributed by atoms with van der Waals surface area (Å²) < 4.78 is 0. The van der Waals surface area contributed by atoms with E-state index in [1.54, 1.807) is 19.1 Å². The zero-order valence-corrected chi connectivity index (χ0v) is 12.2. The third-order valence-electron chi connectivity index (χ3n) is 3.16. The molecule has 2 amide bonds. The van der Waals surface area contributed by atoms with E-state index in [2.05, 4.69) is 5.32 Å². The van der Waals surface area contributed by atoms with Crippen LogP contribution in [-0.4, -0.2) is 29.3 Å². The first-order valence-electron chi connectivity index (χ1n) is 6.01. The molecule has 4 nitrogen and oxygen atoms in total. The molecule has 1 unspecified atom stereocenters. The van der Waals surface area contributed by atoms with Crippen molar-refractivity contribution in [3.05, 3.63) is 27.7 Å². The second-order valence-corrected chi connectivity index (χ2v) is 5.22. The lowest BCUT2D eigenvalue weighted by molar-refractivity contribution is -0.138. The number of rotatable bonds is 3. The summed E-state index contributed by atoms with van der Waals surface area (Å²) >= 11 is 12.3. The van der Waals surface area contributed by atoms with Crippen molar-refractivity contribution >= 4 is 40.7 Å². The number of likely N-dealkylation sites (N-methyl/N-ethyl adjacent to an activating group) is 1. The number of anilines is 1. The number of aryl methyl sites for hydroxylation is 1. The molecular weight excluding hydrogens is 287 g/mol. The fourth-order valence-electron chi connectivity index (χ4n) is 2.09. The van der Waals surface area contributed by atoms with Crippen LogP contribution in [-0.2, 0) is 9.59 Å². The van der Waals surface area contributed by atoms with Crippen molar-refractivity contribution in [1.29, 1.82) is 0 Å². The third-order valence-corrected chi connectivity index (χ3v) is 3.96. The van der Waals surface area contributed by atoms with Crippen molar-refractivity contribution < 1.29 is 9.59 Å². The van der Waals surface area contributed by atoms with Crippen LogP contribution in [0.3, 0.4) is 0 Å². The van der Waals surface area contributed by atoms with Crippen LogP contribution >= 0.6 is 23.2 Å². The number of hydrogen-bond acceptors (Lipinski definition) is 3. The number of amides is 2.